The Morgan fingerprint density at radius 2 is 2.43 bits per heavy atom. The fourth-order valence-electron chi connectivity index (χ4n) is 1.90. The SMILES string of the molecule is CC1OCCC1N(C)CCCN=[N+]=[N-]. The smallest absolute Gasteiger partial charge is 0.0702 e. The normalized spacial score (nSPS) is 26.5. The Kier molecular flexibility index (Phi) is 4.73. The van der Waals surface area contributed by atoms with Gasteiger partial charge in [0.15, 0.2) is 0 Å². The van der Waals surface area contributed by atoms with Gasteiger partial charge in [-0.1, -0.05) is 5.11 Å². The molecule has 0 amide bonds. The lowest BCUT2D eigenvalue weighted by atomic mass is 10.1. The Morgan fingerprint density at radius 3 is 3.00 bits per heavy atom. The minimum absolute atomic E-state index is 0.333. The number of likely N-dealkylation sites (N-methyl/N-ethyl adjacent to an activating group) is 1. The molecule has 0 N–H and O–H groups in total. The van der Waals surface area contributed by atoms with E-state index in [1.165, 1.54) is 0 Å². The molecule has 80 valence electrons. The minimum atomic E-state index is 0.333. The molecule has 0 spiro atoms. The lowest BCUT2D eigenvalue weighted by Crippen LogP contribution is -2.37. The molecular formula is C9H18N4O. The van der Waals surface area contributed by atoms with Gasteiger partial charge in [-0.3, -0.25) is 0 Å². The van der Waals surface area contributed by atoms with Crippen molar-refractivity contribution in [2.75, 3.05) is 26.7 Å². The number of ether oxygens (including phenoxy) is 1. The predicted octanol–water partition coefficient (Wildman–Crippen LogP) is 1.80. The number of hydrogen-bond donors (Lipinski definition) is 0. The minimum Gasteiger partial charge on any atom is -0.377 e. The highest BCUT2D eigenvalue weighted by Crippen LogP contribution is 2.17. The molecule has 14 heavy (non-hydrogen) atoms. The zero-order valence-electron chi connectivity index (χ0n) is 8.89. The second kappa shape index (κ2) is 5.86. The van der Waals surface area contributed by atoms with Crippen molar-refractivity contribution in [1.29, 1.82) is 0 Å². The zero-order valence-corrected chi connectivity index (χ0v) is 8.89. The molecule has 1 heterocycles. The van der Waals surface area contributed by atoms with E-state index >= 15 is 0 Å². The van der Waals surface area contributed by atoms with E-state index in [1.54, 1.807) is 0 Å². The standard InChI is InChI=1S/C9H18N4O/c1-8-9(4-7-14-8)13(2)6-3-5-11-12-10/h8-9H,3-7H2,1-2H3. The molecule has 1 rings (SSSR count). The summed E-state index contributed by atoms with van der Waals surface area (Å²) in [7, 11) is 2.10. The van der Waals surface area contributed by atoms with Gasteiger partial charge in [-0.05, 0) is 38.9 Å². The van der Waals surface area contributed by atoms with E-state index in [9.17, 15) is 0 Å². The molecule has 5 nitrogen and oxygen atoms in total. The Balaban J connectivity index is 2.20. The van der Waals surface area contributed by atoms with Gasteiger partial charge in [0.25, 0.3) is 0 Å². The van der Waals surface area contributed by atoms with Crippen LogP contribution in [0.5, 0.6) is 0 Å². The van der Waals surface area contributed by atoms with Gasteiger partial charge in [0.05, 0.1) is 6.10 Å². The van der Waals surface area contributed by atoms with E-state index in [2.05, 4.69) is 28.9 Å². The largest absolute Gasteiger partial charge is 0.377 e. The van der Waals surface area contributed by atoms with Gasteiger partial charge >= 0.3 is 0 Å². The molecule has 0 aromatic carbocycles. The van der Waals surface area contributed by atoms with Crippen LogP contribution in [-0.4, -0.2) is 43.8 Å². The maximum atomic E-state index is 8.11. The van der Waals surface area contributed by atoms with Crippen molar-refractivity contribution in [1.82, 2.24) is 4.90 Å². The molecule has 2 unspecified atom stereocenters. The third-order valence-electron chi connectivity index (χ3n) is 2.73. The average molecular weight is 198 g/mol. The van der Waals surface area contributed by atoms with Gasteiger partial charge < -0.3 is 9.64 Å². The second-order valence-corrected chi connectivity index (χ2v) is 3.72. The molecule has 0 saturated carbocycles. The van der Waals surface area contributed by atoms with Crippen molar-refractivity contribution in [3.63, 3.8) is 0 Å². The van der Waals surface area contributed by atoms with Crippen molar-refractivity contribution >= 4 is 0 Å². The van der Waals surface area contributed by atoms with Crippen molar-refractivity contribution < 1.29 is 4.74 Å². The van der Waals surface area contributed by atoms with Crippen LogP contribution in [0.3, 0.4) is 0 Å². The molecule has 0 aromatic heterocycles. The molecule has 1 aliphatic heterocycles. The average Bonchev–Trinajstić information content (AvgIpc) is 2.59. The van der Waals surface area contributed by atoms with Crippen LogP contribution in [-0.2, 0) is 4.74 Å². The lowest BCUT2D eigenvalue weighted by Gasteiger charge is -2.26. The van der Waals surface area contributed by atoms with Crippen LogP contribution in [0, 0.1) is 0 Å². The summed E-state index contributed by atoms with van der Waals surface area (Å²) in [4.78, 5) is 5.02. The van der Waals surface area contributed by atoms with Crippen molar-refractivity contribution in [2.45, 2.75) is 31.9 Å². The highest BCUT2D eigenvalue weighted by atomic mass is 16.5. The van der Waals surface area contributed by atoms with Crippen molar-refractivity contribution in [3.05, 3.63) is 10.4 Å². The summed E-state index contributed by atoms with van der Waals surface area (Å²) in [5, 5.41) is 3.51. The van der Waals surface area contributed by atoms with Crippen LogP contribution < -0.4 is 0 Å². The first kappa shape index (κ1) is 11.3. The maximum Gasteiger partial charge on any atom is 0.0702 e. The molecule has 0 aliphatic carbocycles. The number of rotatable bonds is 5. The molecule has 1 aliphatic rings. The Hall–Kier alpha value is -0.770. The molecule has 5 heteroatoms. The van der Waals surface area contributed by atoms with Crippen LogP contribution in [0.2, 0.25) is 0 Å². The van der Waals surface area contributed by atoms with Gasteiger partial charge in [-0.2, -0.15) is 0 Å². The van der Waals surface area contributed by atoms with Crippen LogP contribution in [0.1, 0.15) is 19.8 Å². The third kappa shape index (κ3) is 3.18. The van der Waals surface area contributed by atoms with Crippen LogP contribution in [0.25, 0.3) is 10.4 Å². The predicted molar refractivity (Wildman–Crippen MR) is 55.1 cm³/mol. The topological polar surface area (TPSA) is 61.2 Å². The van der Waals surface area contributed by atoms with Gasteiger partial charge in [0, 0.05) is 24.1 Å². The van der Waals surface area contributed by atoms with E-state index in [0.717, 1.165) is 26.0 Å². The molecule has 1 saturated heterocycles. The second-order valence-electron chi connectivity index (χ2n) is 3.72. The monoisotopic (exact) mass is 198 g/mol. The molecule has 0 bridgehead atoms. The zero-order chi connectivity index (χ0) is 10.4. The molecular weight excluding hydrogens is 180 g/mol. The van der Waals surface area contributed by atoms with Crippen molar-refractivity contribution in [2.24, 2.45) is 5.11 Å². The summed E-state index contributed by atoms with van der Waals surface area (Å²) in [6.45, 7) is 4.54. The van der Waals surface area contributed by atoms with Crippen LogP contribution in [0.4, 0.5) is 0 Å². The Bertz CT molecular complexity index is 215. The molecule has 1 fully saturated rings. The maximum absolute atomic E-state index is 8.11. The summed E-state index contributed by atoms with van der Waals surface area (Å²) in [5.74, 6) is 0. The lowest BCUT2D eigenvalue weighted by molar-refractivity contribution is 0.0836. The Morgan fingerprint density at radius 1 is 1.64 bits per heavy atom. The summed E-state index contributed by atoms with van der Waals surface area (Å²) < 4.78 is 5.49. The van der Waals surface area contributed by atoms with Crippen LogP contribution in [0.15, 0.2) is 5.11 Å². The summed E-state index contributed by atoms with van der Waals surface area (Å²) in [6, 6.07) is 0.529. The highest BCUT2D eigenvalue weighted by Gasteiger charge is 2.27. The molecule has 0 aromatic rings. The number of hydrogen-bond acceptors (Lipinski definition) is 3. The van der Waals surface area contributed by atoms with E-state index in [0.29, 0.717) is 18.7 Å². The van der Waals surface area contributed by atoms with E-state index in [4.69, 9.17) is 10.3 Å². The molecule has 0 radical (unpaired) electrons. The molecule has 2 atom stereocenters. The highest BCUT2D eigenvalue weighted by molar-refractivity contribution is 4.80. The van der Waals surface area contributed by atoms with Crippen LogP contribution >= 0.6 is 0 Å². The number of azide groups is 1. The summed E-state index contributed by atoms with van der Waals surface area (Å²) >= 11 is 0. The van der Waals surface area contributed by atoms with E-state index in [-0.39, 0.29) is 0 Å². The first-order valence-electron chi connectivity index (χ1n) is 5.08. The van der Waals surface area contributed by atoms with Gasteiger partial charge in [-0.25, -0.2) is 0 Å². The first-order valence-corrected chi connectivity index (χ1v) is 5.08. The fraction of sp³-hybridized carbons (Fsp3) is 1.00. The number of nitrogens with zero attached hydrogens (tertiary/aromatic N) is 4. The quantitative estimate of drug-likeness (QED) is 0.292. The Labute approximate surface area is 84.7 Å². The first-order chi connectivity index (χ1) is 6.75. The third-order valence-corrected chi connectivity index (χ3v) is 2.73. The summed E-state index contributed by atoms with van der Waals surface area (Å²) in [5.41, 5.74) is 8.11. The van der Waals surface area contributed by atoms with E-state index < -0.39 is 0 Å². The van der Waals surface area contributed by atoms with Gasteiger partial charge in [0.2, 0.25) is 0 Å². The van der Waals surface area contributed by atoms with E-state index in [1.807, 2.05) is 0 Å². The van der Waals surface area contributed by atoms with Gasteiger partial charge in [-0.15, -0.1) is 0 Å². The van der Waals surface area contributed by atoms with Gasteiger partial charge in [0.1, 0.15) is 0 Å². The van der Waals surface area contributed by atoms with Crippen molar-refractivity contribution in [3.8, 4) is 0 Å². The fourth-order valence-corrected chi connectivity index (χ4v) is 1.90. The summed E-state index contributed by atoms with van der Waals surface area (Å²) in [6.07, 6.45) is 2.36.